The Morgan fingerprint density at radius 2 is 2.05 bits per heavy atom. The number of carbonyl (C=O) groups is 1. The van der Waals surface area contributed by atoms with Crippen LogP contribution in [0.25, 0.3) is 0 Å². The van der Waals surface area contributed by atoms with Crippen LogP contribution in [0.2, 0.25) is 0 Å². The lowest BCUT2D eigenvalue weighted by molar-refractivity contribution is -0.137. The van der Waals surface area contributed by atoms with Crippen LogP contribution in [0.1, 0.15) is 25.8 Å². The van der Waals surface area contributed by atoms with Crippen LogP contribution in [0.5, 0.6) is 0 Å². The molecule has 0 heterocycles. The highest BCUT2D eigenvalue weighted by molar-refractivity contribution is 9.10. The van der Waals surface area contributed by atoms with Gasteiger partial charge in [0, 0.05) is 16.9 Å². The van der Waals surface area contributed by atoms with Crippen molar-refractivity contribution < 1.29 is 18.0 Å². The molecule has 2 N–H and O–H groups in total. The smallest absolute Gasteiger partial charge is 0.325 e. The second-order valence-corrected chi connectivity index (χ2v) is 5.26. The first kappa shape index (κ1) is 17.0. The van der Waals surface area contributed by atoms with Gasteiger partial charge in [-0.2, -0.15) is 13.2 Å². The van der Waals surface area contributed by atoms with E-state index < -0.39 is 11.7 Å². The van der Waals surface area contributed by atoms with Crippen molar-refractivity contribution in [3.63, 3.8) is 0 Å². The van der Waals surface area contributed by atoms with E-state index >= 15 is 0 Å². The van der Waals surface area contributed by atoms with Crippen molar-refractivity contribution in [1.82, 2.24) is 5.32 Å². The van der Waals surface area contributed by atoms with Crippen LogP contribution in [-0.4, -0.2) is 18.5 Å². The number of hydrogen-bond donors (Lipinski definition) is 2. The quantitative estimate of drug-likeness (QED) is 0.846. The molecule has 0 radical (unpaired) electrons. The number of hydrogen-bond acceptors (Lipinski definition) is 2. The summed E-state index contributed by atoms with van der Waals surface area (Å²) in [4.78, 5) is 11.8. The molecule has 1 rings (SSSR count). The number of nitrogens with one attached hydrogen (secondary N) is 2. The average Bonchev–Trinajstić information content (AvgIpc) is 2.30. The van der Waals surface area contributed by atoms with E-state index in [4.69, 9.17) is 0 Å². The van der Waals surface area contributed by atoms with Gasteiger partial charge in [0.25, 0.3) is 0 Å². The van der Waals surface area contributed by atoms with Gasteiger partial charge < -0.3 is 10.6 Å². The predicted molar refractivity (Wildman–Crippen MR) is 75.5 cm³/mol. The van der Waals surface area contributed by atoms with Gasteiger partial charge in [-0.3, -0.25) is 4.79 Å². The fourth-order valence-electron chi connectivity index (χ4n) is 1.70. The summed E-state index contributed by atoms with van der Waals surface area (Å²) in [5.41, 5.74) is -0.677. The van der Waals surface area contributed by atoms with E-state index in [1.165, 1.54) is 6.07 Å². The standard InChI is InChI=1S/C13H16BrF3N2O/c1-3-18-8(2)6-12(20)19-11-7-9(13(15,16)17)4-5-10(11)14/h4-5,7-8,18H,3,6H2,1-2H3,(H,19,20). The number of halogens is 4. The lowest BCUT2D eigenvalue weighted by Gasteiger charge is -2.14. The van der Waals surface area contributed by atoms with Gasteiger partial charge in [-0.25, -0.2) is 0 Å². The van der Waals surface area contributed by atoms with Gasteiger partial charge in [-0.15, -0.1) is 0 Å². The van der Waals surface area contributed by atoms with Crippen LogP contribution >= 0.6 is 15.9 Å². The summed E-state index contributed by atoms with van der Waals surface area (Å²) in [6, 6.07) is 3.11. The first-order valence-electron chi connectivity index (χ1n) is 6.14. The zero-order valence-electron chi connectivity index (χ0n) is 11.1. The van der Waals surface area contributed by atoms with Crippen LogP contribution in [0.3, 0.4) is 0 Å². The van der Waals surface area contributed by atoms with Crippen molar-refractivity contribution in [1.29, 1.82) is 0 Å². The van der Waals surface area contributed by atoms with Crippen LogP contribution in [-0.2, 0) is 11.0 Å². The van der Waals surface area contributed by atoms with E-state index in [-0.39, 0.29) is 24.1 Å². The number of alkyl halides is 3. The molecule has 20 heavy (non-hydrogen) atoms. The van der Waals surface area contributed by atoms with Crippen LogP contribution in [0.4, 0.5) is 18.9 Å². The van der Waals surface area contributed by atoms with E-state index in [1.54, 1.807) is 0 Å². The molecule has 0 fully saturated rings. The highest BCUT2D eigenvalue weighted by Crippen LogP contribution is 2.33. The summed E-state index contributed by atoms with van der Waals surface area (Å²) in [6.07, 6.45) is -4.24. The maximum atomic E-state index is 12.6. The summed E-state index contributed by atoms with van der Waals surface area (Å²) in [5, 5.41) is 5.55. The number of amides is 1. The molecule has 0 aliphatic rings. The minimum Gasteiger partial charge on any atom is -0.325 e. The largest absolute Gasteiger partial charge is 0.416 e. The lowest BCUT2D eigenvalue weighted by atomic mass is 10.1. The van der Waals surface area contributed by atoms with Crippen molar-refractivity contribution >= 4 is 27.5 Å². The van der Waals surface area contributed by atoms with Gasteiger partial charge in [-0.05, 0) is 47.6 Å². The molecule has 1 amide bonds. The van der Waals surface area contributed by atoms with E-state index in [1.807, 2.05) is 13.8 Å². The lowest BCUT2D eigenvalue weighted by Crippen LogP contribution is -2.30. The summed E-state index contributed by atoms with van der Waals surface area (Å²) >= 11 is 3.12. The zero-order valence-corrected chi connectivity index (χ0v) is 12.7. The molecule has 1 atom stereocenters. The molecule has 112 valence electrons. The molecule has 0 aromatic heterocycles. The van der Waals surface area contributed by atoms with Gasteiger partial charge in [0.2, 0.25) is 5.91 Å². The number of anilines is 1. The Morgan fingerprint density at radius 3 is 2.60 bits per heavy atom. The first-order valence-corrected chi connectivity index (χ1v) is 6.93. The molecule has 0 saturated heterocycles. The predicted octanol–water partition coefficient (Wildman–Crippen LogP) is 3.79. The summed E-state index contributed by atoms with van der Waals surface area (Å²) < 4.78 is 38.2. The van der Waals surface area contributed by atoms with Gasteiger partial charge in [0.05, 0.1) is 11.3 Å². The summed E-state index contributed by atoms with van der Waals surface area (Å²) in [6.45, 7) is 4.48. The van der Waals surface area contributed by atoms with E-state index in [0.717, 1.165) is 18.7 Å². The molecule has 0 aliphatic heterocycles. The zero-order chi connectivity index (χ0) is 15.3. The van der Waals surface area contributed by atoms with E-state index in [9.17, 15) is 18.0 Å². The third-order valence-corrected chi connectivity index (χ3v) is 3.30. The van der Waals surface area contributed by atoms with E-state index in [0.29, 0.717) is 4.47 Å². The van der Waals surface area contributed by atoms with Crippen LogP contribution < -0.4 is 10.6 Å². The molecular weight excluding hydrogens is 337 g/mol. The fraction of sp³-hybridized carbons (Fsp3) is 0.462. The highest BCUT2D eigenvalue weighted by atomic mass is 79.9. The van der Waals surface area contributed by atoms with Crippen molar-refractivity contribution in [2.45, 2.75) is 32.5 Å². The minimum atomic E-state index is -4.43. The normalized spacial score (nSPS) is 13.1. The third kappa shape index (κ3) is 5.13. The topological polar surface area (TPSA) is 41.1 Å². The Bertz CT molecular complexity index is 477. The summed E-state index contributed by atoms with van der Waals surface area (Å²) in [5.74, 6) is -0.335. The van der Waals surface area contributed by atoms with Crippen molar-refractivity contribution in [2.75, 3.05) is 11.9 Å². The maximum Gasteiger partial charge on any atom is 0.416 e. The molecule has 1 aromatic carbocycles. The van der Waals surface area contributed by atoms with E-state index in [2.05, 4.69) is 26.6 Å². The second kappa shape index (κ2) is 7.08. The molecule has 3 nitrogen and oxygen atoms in total. The fourth-order valence-corrected chi connectivity index (χ4v) is 2.04. The molecule has 1 unspecified atom stereocenters. The monoisotopic (exact) mass is 352 g/mol. The van der Waals surface area contributed by atoms with Crippen molar-refractivity contribution in [3.8, 4) is 0 Å². The average molecular weight is 353 g/mol. The van der Waals surface area contributed by atoms with Gasteiger partial charge in [0.15, 0.2) is 0 Å². The highest BCUT2D eigenvalue weighted by Gasteiger charge is 2.31. The maximum absolute atomic E-state index is 12.6. The number of carbonyl (C=O) groups excluding carboxylic acids is 1. The minimum absolute atomic E-state index is 0.0374. The van der Waals surface area contributed by atoms with Crippen molar-refractivity contribution in [3.05, 3.63) is 28.2 Å². The van der Waals surface area contributed by atoms with Crippen LogP contribution in [0, 0.1) is 0 Å². The Labute approximate surface area is 124 Å². The summed E-state index contributed by atoms with van der Waals surface area (Å²) in [7, 11) is 0. The molecular formula is C13H16BrF3N2O. The molecule has 0 saturated carbocycles. The van der Waals surface area contributed by atoms with Crippen molar-refractivity contribution in [2.24, 2.45) is 0 Å². The Balaban J connectivity index is 2.79. The molecule has 0 bridgehead atoms. The van der Waals surface area contributed by atoms with Gasteiger partial charge in [-0.1, -0.05) is 6.92 Å². The number of benzene rings is 1. The molecule has 0 spiro atoms. The Hall–Kier alpha value is -1.08. The van der Waals surface area contributed by atoms with Gasteiger partial charge in [0.1, 0.15) is 0 Å². The molecule has 1 aromatic rings. The molecule has 7 heteroatoms. The second-order valence-electron chi connectivity index (χ2n) is 4.40. The third-order valence-electron chi connectivity index (χ3n) is 2.61. The molecule has 0 aliphatic carbocycles. The SMILES string of the molecule is CCNC(C)CC(=O)Nc1cc(C(F)(F)F)ccc1Br. The van der Waals surface area contributed by atoms with Gasteiger partial charge >= 0.3 is 6.18 Å². The first-order chi connectivity index (χ1) is 9.24. The number of rotatable bonds is 5. The Morgan fingerprint density at radius 1 is 1.40 bits per heavy atom. The van der Waals surface area contributed by atoms with Crippen LogP contribution in [0.15, 0.2) is 22.7 Å². The Kier molecular flexibility index (Phi) is 6.01.